The van der Waals surface area contributed by atoms with Gasteiger partial charge in [0.2, 0.25) is 4.96 Å². The van der Waals surface area contributed by atoms with Gasteiger partial charge in [0.25, 0.3) is 5.91 Å². The fraction of sp³-hybridized carbons (Fsp3) is 0.125. The monoisotopic (exact) mass is 488 g/mol. The van der Waals surface area contributed by atoms with Gasteiger partial charge in [-0.3, -0.25) is 10.1 Å². The summed E-state index contributed by atoms with van der Waals surface area (Å²) < 4.78 is 7.16. The number of anilines is 1. The molecule has 10 heteroatoms. The summed E-state index contributed by atoms with van der Waals surface area (Å²) in [6.45, 7) is 3.83. The Labute approximate surface area is 204 Å². The molecule has 8 nitrogen and oxygen atoms in total. The maximum absolute atomic E-state index is 12.9. The maximum Gasteiger partial charge on any atom is 0.261 e. The maximum atomic E-state index is 12.9. The van der Waals surface area contributed by atoms with E-state index in [0.29, 0.717) is 11.3 Å². The predicted octanol–water partition coefficient (Wildman–Crippen LogP) is 4.76. The van der Waals surface area contributed by atoms with E-state index < -0.39 is 0 Å². The van der Waals surface area contributed by atoms with Gasteiger partial charge >= 0.3 is 0 Å². The van der Waals surface area contributed by atoms with Gasteiger partial charge in [0.05, 0.1) is 12.7 Å². The highest BCUT2D eigenvalue weighted by atomic mass is 32.1. The molecule has 0 bridgehead atoms. The van der Waals surface area contributed by atoms with E-state index in [1.54, 1.807) is 17.7 Å². The Kier molecular flexibility index (Phi) is 5.68. The fourth-order valence-corrected chi connectivity index (χ4v) is 4.74. The van der Waals surface area contributed by atoms with E-state index in [4.69, 9.17) is 17.0 Å². The van der Waals surface area contributed by atoms with Crippen molar-refractivity contribution in [1.29, 1.82) is 0 Å². The zero-order chi connectivity index (χ0) is 23.8. The molecule has 1 amide bonds. The van der Waals surface area contributed by atoms with E-state index in [1.807, 2.05) is 62.4 Å². The number of carbonyl (C=O) groups excluding carboxylic acids is 1. The number of amides is 1. The topological polar surface area (TPSA) is 93.4 Å². The van der Waals surface area contributed by atoms with Gasteiger partial charge < -0.3 is 10.1 Å². The molecule has 0 radical (unpaired) electrons. The number of aryl methyl sites for hydroxylation is 2. The minimum Gasteiger partial charge on any atom is -0.496 e. The molecule has 0 aliphatic carbocycles. The van der Waals surface area contributed by atoms with E-state index in [9.17, 15) is 4.79 Å². The highest BCUT2D eigenvalue weighted by Crippen LogP contribution is 2.29. The lowest BCUT2D eigenvalue weighted by molar-refractivity contribution is 0.0975. The summed E-state index contributed by atoms with van der Waals surface area (Å²) in [5.41, 5.74) is 3.13. The lowest BCUT2D eigenvalue weighted by Gasteiger charge is -2.14. The van der Waals surface area contributed by atoms with Crippen LogP contribution in [0.3, 0.4) is 0 Å². The molecule has 5 aromatic rings. The molecule has 0 fully saturated rings. The van der Waals surface area contributed by atoms with Crippen LogP contribution in [0.1, 0.15) is 21.7 Å². The highest BCUT2D eigenvalue weighted by Gasteiger charge is 2.16. The fourth-order valence-electron chi connectivity index (χ4n) is 3.66. The molecule has 0 saturated heterocycles. The highest BCUT2D eigenvalue weighted by molar-refractivity contribution is 7.80. The van der Waals surface area contributed by atoms with E-state index in [0.717, 1.165) is 43.4 Å². The van der Waals surface area contributed by atoms with Gasteiger partial charge in [0, 0.05) is 11.3 Å². The van der Waals surface area contributed by atoms with Crippen LogP contribution in [0.15, 0.2) is 54.6 Å². The zero-order valence-corrected chi connectivity index (χ0v) is 20.3. The first-order valence-electron chi connectivity index (χ1n) is 10.4. The molecule has 2 heterocycles. The molecule has 0 unspecified atom stereocenters. The summed E-state index contributed by atoms with van der Waals surface area (Å²) in [7, 11) is 1.54. The Balaban J connectivity index is 1.32. The Morgan fingerprint density at radius 3 is 2.53 bits per heavy atom. The first kappa shape index (κ1) is 21.9. The minimum atomic E-state index is -0.343. The van der Waals surface area contributed by atoms with Crippen molar-refractivity contribution in [2.75, 3.05) is 12.4 Å². The third-order valence-electron chi connectivity index (χ3n) is 5.41. The summed E-state index contributed by atoms with van der Waals surface area (Å²) in [6, 6.07) is 17.3. The van der Waals surface area contributed by atoms with E-state index in [2.05, 4.69) is 25.9 Å². The third-order valence-corrected chi connectivity index (χ3v) is 6.56. The molecule has 2 aromatic heterocycles. The molecular weight excluding hydrogens is 468 g/mol. The van der Waals surface area contributed by atoms with Crippen LogP contribution < -0.4 is 15.4 Å². The summed E-state index contributed by atoms with van der Waals surface area (Å²) in [6.07, 6.45) is 0. The quantitative estimate of drug-likeness (QED) is 0.352. The van der Waals surface area contributed by atoms with Crippen LogP contribution in [0, 0.1) is 13.8 Å². The van der Waals surface area contributed by atoms with E-state index in [-0.39, 0.29) is 11.0 Å². The lowest BCUT2D eigenvalue weighted by atomic mass is 10.1. The lowest BCUT2D eigenvalue weighted by Crippen LogP contribution is -2.34. The van der Waals surface area contributed by atoms with Gasteiger partial charge in [-0.1, -0.05) is 35.6 Å². The van der Waals surface area contributed by atoms with Crippen molar-refractivity contribution in [1.82, 2.24) is 25.1 Å². The number of hydrogen-bond donors (Lipinski definition) is 2. The van der Waals surface area contributed by atoms with Crippen LogP contribution in [0.25, 0.3) is 26.3 Å². The average Bonchev–Trinajstić information content (AvgIpc) is 3.41. The second-order valence-electron chi connectivity index (χ2n) is 7.69. The number of nitrogens with one attached hydrogen (secondary N) is 2. The Hall–Kier alpha value is -3.89. The van der Waals surface area contributed by atoms with Crippen LogP contribution in [-0.4, -0.2) is 37.9 Å². The Morgan fingerprint density at radius 2 is 1.82 bits per heavy atom. The van der Waals surface area contributed by atoms with Gasteiger partial charge in [-0.2, -0.15) is 9.61 Å². The molecule has 0 aliphatic rings. The molecule has 0 spiro atoms. The number of aromatic nitrogens is 4. The first-order chi connectivity index (χ1) is 16.4. The number of thiocarbonyl (C=S) groups is 1. The number of ether oxygens (including phenoxy) is 1. The molecule has 0 saturated carbocycles. The summed E-state index contributed by atoms with van der Waals surface area (Å²) in [4.78, 5) is 13.7. The van der Waals surface area contributed by atoms with Crippen molar-refractivity contribution >= 4 is 56.0 Å². The van der Waals surface area contributed by atoms with Crippen molar-refractivity contribution in [3.05, 3.63) is 71.5 Å². The van der Waals surface area contributed by atoms with Gasteiger partial charge in [-0.05, 0) is 72.7 Å². The van der Waals surface area contributed by atoms with Gasteiger partial charge in [-0.15, -0.1) is 10.2 Å². The molecule has 3 aromatic carbocycles. The first-order valence-corrected chi connectivity index (χ1v) is 11.6. The van der Waals surface area contributed by atoms with Gasteiger partial charge in [0.15, 0.2) is 10.9 Å². The van der Waals surface area contributed by atoms with Crippen LogP contribution in [0.2, 0.25) is 0 Å². The average molecular weight is 489 g/mol. The molecule has 5 rings (SSSR count). The zero-order valence-electron chi connectivity index (χ0n) is 18.6. The van der Waals surface area contributed by atoms with Crippen molar-refractivity contribution in [3.63, 3.8) is 0 Å². The number of carbonyl (C=O) groups is 1. The van der Waals surface area contributed by atoms with E-state index >= 15 is 0 Å². The Morgan fingerprint density at radius 1 is 1.06 bits per heavy atom. The SMILES string of the molecule is COc1cc2ccccc2cc1C(=O)NC(=S)Nc1ccc(-c2nn3c(C)nnc3s2)cc1C. The van der Waals surface area contributed by atoms with Crippen molar-refractivity contribution in [2.24, 2.45) is 0 Å². The summed E-state index contributed by atoms with van der Waals surface area (Å²) >= 11 is 6.88. The second kappa shape index (κ2) is 8.81. The summed E-state index contributed by atoms with van der Waals surface area (Å²) in [5.74, 6) is 0.890. The number of benzene rings is 3. The van der Waals surface area contributed by atoms with Crippen LogP contribution in [-0.2, 0) is 0 Å². The molecule has 2 N–H and O–H groups in total. The summed E-state index contributed by atoms with van der Waals surface area (Å²) in [5, 5.41) is 21.6. The molecule has 34 heavy (non-hydrogen) atoms. The number of hydrogen-bond acceptors (Lipinski definition) is 7. The van der Waals surface area contributed by atoms with Crippen molar-refractivity contribution in [2.45, 2.75) is 13.8 Å². The predicted molar refractivity (Wildman–Crippen MR) is 138 cm³/mol. The van der Waals surface area contributed by atoms with Crippen LogP contribution in [0.4, 0.5) is 5.69 Å². The third kappa shape index (κ3) is 4.09. The number of rotatable bonds is 4. The van der Waals surface area contributed by atoms with Crippen molar-refractivity contribution in [3.8, 4) is 16.3 Å². The number of nitrogens with zero attached hydrogens (tertiary/aromatic N) is 4. The van der Waals surface area contributed by atoms with Crippen molar-refractivity contribution < 1.29 is 9.53 Å². The molecule has 0 atom stereocenters. The van der Waals surface area contributed by atoms with Crippen LogP contribution in [0.5, 0.6) is 5.75 Å². The molecular formula is C24H20N6O2S2. The number of methoxy groups -OCH3 is 1. The smallest absolute Gasteiger partial charge is 0.261 e. The van der Waals surface area contributed by atoms with Crippen LogP contribution >= 0.6 is 23.6 Å². The molecule has 0 aliphatic heterocycles. The minimum absolute atomic E-state index is 0.200. The normalized spacial score (nSPS) is 11.0. The largest absolute Gasteiger partial charge is 0.496 e. The molecule has 170 valence electrons. The Bertz CT molecular complexity index is 1570. The van der Waals surface area contributed by atoms with Gasteiger partial charge in [0.1, 0.15) is 10.8 Å². The number of fused-ring (bicyclic) bond motifs is 2. The standard InChI is InChI=1S/C24H20N6O2S2/c1-13-10-17(22-29-30-14(2)27-28-24(30)34-22)8-9-19(13)25-23(33)26-21(31)18-11-15-6-4-5-7-16(15)12-20(18)32-3/h4-12H,1-3H3,(H2,25,26,31,33). The van der Waals surface area contributed by atoms with Gasteiger partial charge in [-0.25, -0.2) is 0 Å². The second-order valence-corrected chi connectivity index (χ2v) is 9.05. The van der Waals surface area contributed by atoms with E-state index in [1.165, 1.54) is 11.3 Å².